The number of hydrogen-bond acceptors (Lipinski definition) is 6. The minimum absolute atomic E-state index is 0.00688. The van der Waals surface area contributed by atoms with Gasteiger partial charge in [-0.2, -0.15) is 4.31 Å². The number of fused-ring (bicyclic) bond motifs is 1. The molecule has 1 fully saturated rings. The Hall–Kier alpha value is -2.75. The van der Waals surface area contributed by atoms with Gasteiger partial charge in [0.05, 0.1) is 34.7 Å². The maximum Gasteiger partial charge on any atom is 0.338 e. The van der Waals surface area contributed by atoms with Crippen molar-refractivity contribution in [2.24, 2.45) is 0 Å². The molecule has 0 amide bonds. The van der Waals surface area contributed by atoms with Crippen molar-refractivity contribution in [3.63, 3.8) is 0 Å². The topological polar surface area (TPSA) is 90.7 Å². The number of benzene rings is 2. The van der Waals surface area contributed by atoms with E-state index in [-0.39, 0.29) is 11.5 Å². The van der Waals surface area contributed by atoms with Crippen LogP contribution in [0, 0.1) is 6.92 Å². The van der Waals surface area contributed by atoms with E-state index in [0.717, 1.165) is 17.5 Å². The predicted octanol–water partition coefficient (Wildman–Crippen LogP) is 3.13. The lowest BCUT2D eigenvalue weighted by Crippen LogP contribution is -2.40. The molecule has 3 aromatic rings. The molecule has 2 heterocycles. The summed E-state index contributed by atoms with van der Waals surface area (Å²) in [5.41, 5.74) is 2.92. The quantitative estimate of drug-likeness (QED) is 0.507. The molecule has 9 heteroatoms. The Bertz CT molecular complexity index is 1210. The standard InChI is InChI=1S/C23H27N3O5S/c1-3-10-26-21-9-8-19(32(28,29)25-11-13-30-14-12-25)15-20(21)24-22(26)16-31-23(27)18-6-4-17(2)5-7-18/h4-9,15H,3,10-14,16H2,1-2H3. The Morgan fingerprint density at radius 2 is 1.84 bits per heavy atom. The molecular weight excluding hydrogens is 430 g/mol. The molecule has 0 unspecified atom stereocenters. The number of rotatable bonds is 7. The van der Waals surface area contributed by atoms with Gasteiger partial charge in [0.15, 0.2) is 0 Å². The number of aryl methyl sites for hydroxylation is 2. The van der Waals surface area contributed by atoms with Gasteiger partial charge in [-0.05, 0) is 43.7 Å². The van der Waals surface area contributed by atoms with Crippen LogP contribution in [0.5, 0.6) is 0 Å². The summed E-state index contributed by atoms with van der Waals surface area (Å²) in [7, 11) is -3.62. The lowest BCUT2D eigenvalue weighted by Gasteiger charge is -2.26. The van der Waals surface area contributed by atoms with Crippen LogP contribution in [0.3, 0.4) is 0 Å². The first kappa shape index (κ1) is 22.4. The third-order valence-electron chi connectivity index (χ3n) is 5.47. The van der Waals surface area contributed by atoms with Crippen molar-refractivity contribution in [3.05, 3.63) is 59.4 Å². The number of nitrogens with zero attached hydrogens (tertiary/aromatic N) is 3. The van der Waals surface area contributed by atoms with Crippen LogP contribution in [-0.4, -0.2) is 54.5 Å². The molecule has 1 aromatic heterocycles. The smallest absolute Gasteiger partial charge is 0.338 e. The zero-order valence-corrected chi connectivity index (χ0v) is 19.1. The summed E-state index contributed by atoms with van der Waals surface area (Å²) in [6.45, 7) is 6.15. The summed E-state index contributed by atoms with van der Waals surface area (Å²) < 4.78 is 40.2. The Morgan fingerprint density at radius 1 is 1.12 bits per heavy atom. The van der Waals surface area contributed by atoms with Crippen molar-refractivity contribution < 1.29 is 22.7 Å². The second-order valence-corrected chi connectivity index (χ2v) is 9.73. The highest BCUT2D eigenvalue weighted by Gasteiger charge is 2.27. The van der Waals surface area contributed by atoms with Crippen molar-refractivity contribution in [1.29, 1.82) is 0 Å². The fraction of sp³-hybridized carbons (Fsp3) is 0.391. The number of imidazole rings is 1. The Balaban J connectivity index is 1.60. The van der Waals surface area contributed by atoms with Crippen molar-refractivity contribution in [2.45, 2.75) is 38.3 Å². The summed E-state index contributed by atoms with van der Waals surface area (Å²) in [5.74, 6) is 0.166. The van der Waals surface area contributed by atoms with Crippen LogP contribution in [0.15, 0.2) is 47.4 Å². The van der Waals surface area contributed by atoms with Crippen molar-refractivity contribution in [2.75, 3.05) is 26.3 Å². The number of aromatic nitrogens is 2. The van der Waals surface area contributed by atoms with Crippen LogP contribution in [-0.2, 0) is 32.6 Å². The molecule has 1 saturated heterocycles. The molecule has 0 bridgehead atoms. The van der Waals surface area contributed by atoms with Gasteiger partial charge < -0.3 is 14.0 Å². The minimum atomic E-state index is -3.62. The Morgan fingerprint density at radius 3 is 2.53 bits per heavy atom. The molecule has 8 nitrogen and oxygen atoms in total. The fourth-order valence-electron chi connectivity index (χ4n) is 3.74. The third kappa shape index (κ3) is 4.55. The summed E-state index contributed by atoms with van der Waals surface area (Å²) in [4.78, 5) is 17.2. The van der Waals surface area contributed by atoms with Gasteiger partial charge in [-0.3, -0.25) is 0 Å². The van der Waals surface area contributed by atoms with E-state index in [1.54, 1.807) is 30.3 Å². The predicted molar refractivity (Wildman–Crippen MR) is 120 cm³/mol. The Kier molecular flexibility index (Phi) is 6.59. The van der Waals surface area contributed by atoms with Crippen molar-refractivity contribution >= 4 is 27.0 Å². The number of sulfonamides is 1. The molecule has 0 radical (unpaired) electrons. The van der Waals surface area contributed by atoms with Gasteiger partial charge >= 0.3 is 5.97 Å². The summed E-state index contributed by atoms with van der Waals surface area (Å²) in [5, 5.41) is 0. The van der Waals surface area contributed by atoms with Gasteiger partial charge in [0.1, 0.15) is 12.4 Å². The molecule has 0 atom stereocenters. The molecule has 0 spiro atoms. The van der Waals surface area contributed by atoms with Crippen LogP contribution in [0.2, 0.25) is 0 Å². The fourth-order valence-corrected chi connectivity index (χ4v) is 5.17. The van der Waals surface area contributed by atoms with E-state index < -0.39 is 16.0 Å². The van der Waals surface area contributed by atoms with E-state index in [9.17, 15) is 13.2 Å². The number of carbonyl (C=O) groups excluding carboxylic acids is 1. The van der Waals surface area contributed by atoms with Crippen LogP contribution in [0.1, 0.15) is 35.1 Å². The maximum atomic E-state index is 13.0. The summed E-state index contributed by atoms with van der Waals surface area (Å²) in [6, 6.07) is 12.2. The first-order chi connectivity index (χ1) is 15.4. The average molecular weight is 458 g/mol. The molecule has 0 aliphatic carbocycles. The van der Waals surface area contributed by atoms with Crippen LogP contribution in [0.25, 0.3) is 11.0 Å². The van der Waals surface area contributed by atoms with Crippen molar-refractivity contribution in [3.8, 4) is 0 Å². The van der Waals surface area contributed by atoms with E-state index in [2.05, 4.69) is 4.98 Å². The maximum absolute atomic E-state index is 13.0. The van der Waals surface area contributed by atoms with Crippen LogP contribution in [0.4, 0.5) is 0 Å². The van der Waals surface area contributed by atoms with Gasteiger partial charge in [-0.25, -0.2) is 18.2 Å². The first-order valence-corrected chi connectivity index (χ1v) is 12.1. The first-order valence-electron chi connectivity index (χ1n) is 10.7. The summed E-state index contributed by atoms with van der Waals surface area (Å²) >= 11 is 0. The van der Waals surface area contributed by atoms with E-state index in [4.69, 9.17) is 9.47 Å². The molecule has 1 aliphatic rings. The lowest BCUT2D eigenvalue weighted by atomic mass is 10.1. The average Bonchev–Trinajstić information content (AvgIpc) is 3.15. The van der Waals surface area contributed by atoms with Gasteiger partial charge in [0.25, 0.3) is 0 Å². The van der Waals surface area contributed by atoms with Crippen molar-refractivity contribution in [1.82, 2.24) is 13.9 Å². The number of morpholine rings is 1. The number of esters is 1. The number of carbonyl (C=O) groups is 1. The summed E-state index contributed by atoms with van der Waals surface area (Å²) in [6.07, 6.45) is 0.859. The molecular formula is C23H27N3O5S. The van der Waals surface area contributed by atoms with Crippen LogP contribution < -0.4 is 0 Å². The molecule has 32 heavy (non-hydrogen) atoms. The zero-order chi connectivity index (χ0) is 22.7. The van der Waals surface area contributed by atoms with Crippen LogP contribution >= 0.6 is 0 Å². The molecule has 2 aromatic carbocycles. The lowest BCUT2D eigenvalue weighted by molar-refractivity contribution is 0.0458. The van der Waals surface area contributed by atoms with E-state index in [1.807, 2.05) is 30.5 Å². The molecule has 1 aliphatic heterocycles. The minimum Gasteiger partial charge on any atom is -0.454 e. The van der Waals surface area contributed by atoms with Gasteiger partial charge in [0, 0.05) is 19.6 Å². The van der Waals surface area contributed by atoms with E-state index in [0.29, 0.717) is 49.8 Å². The largest absolute Gasteiger partial charge is 0.454 e. The van der Waals surface area contributed by atoms with E-state index >= 15 is 0 Å². The SMILES string of the molecule is CCCn1c(COC(=O)c2ccc(C)cc2)nc2cc(S(=O)(=O)N3CCOCC3)ccc21. The normalized spacial score (nSPS) is 15.2. The third-order valence-corrected chi connectivity index (χ3v) is 7.37. The van der Waals surface area contributed by atoms with E-state index in [1.165, 1.54) is 4.31 Å². The number of hydrogen-bond donors (Lipinski definition) is 0. The monoisotopic (exact) mass is 457 g/mol. The molecule has 0 saturated carbocycles. The molecule has 0 N–H and O–H groups in total. The molecule has 170 valence electrons. The van der Waals surface area contributed by atoms with Gasteiger partial charge in [-0.15, -0.1) is 0 Å². The van der Waals surface area contributed by atoms with Gasteiger partial charge in [-0.1, -0.05) is 24.6 Å². The van der Waals surface area contributed by atoms with Gasteiger partial charge in [0.2, 0.25) is 10.0 Å². The number of ether oxygens (including phenoxy) is 2. The highest BCUT2D eigenvalue weighted by Crippen LogP contribution is 2.24. The zero-order valence-electron chi connectivity index (χ0n) is 18.3. The highest BCUT2D eigenvalue weighted by atomic mass is 32.2. The molecule has 4 rings (SSSR count). The second-order valence-electron chi connectivity index (χ2n) is 7.79. The Labute approximate surface area is 187 Å². The highest BCUT2D eigenvalue weighted by molar-refractivity contribution is 7.89. The second kappa shape index (κ2) is 9.40.